The number of rotatable bonds is 5. The van der Waals surface area contributed by atoms with Gasteiger partial charge in [-0.3, -0.25) is 0 Å². The summed E-state index contributed by atoms with van der Waals surface area (Å²) in [4.78, 5) is 30.2. The second-order valence-corrected chi connectivity index (χ2v) is 9.54. The average Bonchev–Trinajstić information content (AvgIpc) is 3.07. The molecule has 0 fully saturated rings. The zero-order chi connectivity index (χ0) is 24.2. The summed E-state index contributed by atoms with van der Waals surface area (Å²) in [7, 11) is 0. The second kappa shape index (κ2) is 17.1. The molecule has 0 aromatic carbocycles. The van der Waals surface area contributed by atoms with Gasteiger partial charge in [0, 0.05) is 4.38 Å². The molecule has 2 aliphatic heterocycles. The first-order valence-electron chi connectivity index (χ1n) is 9.10. The van der Waals surface area contributed by atoms with Crippen molar-refractivity contribution in [2.45, 2.75) is 52.6 Å². The van der Waals surface area contributed by atoms with Crippen LogP contribution in [0.5, 0.6) is 0 Å². The van der Waals surface area contributed by atoms with E-state index in [2.05, 4.69) is 39.6 Å². The number of cyclic esters (lactones) is 2. The molecule has 0 aromatic rings. The van der Waals surface area contributed by atoms with Crippen molar-refractivity contribution in [2.75, 3.05) is 24.8 Å². The maximum atomic E-state index is 11.3. The van der Waals surface area contributed by atoms with E-state index in [4.69, 9.17) is 38.0 Å². The predicted octanol–water partition coefficient (Wildman–Crippen LogP) is 0.593. The third-order valence-corrected chi connectivity index (χ3v) is 4.86. The summed E-state index contributed by atoms with van der Waals surface area (Å²) >= 11 is 20.4. The molecule has 0 unspecified atom stereocenters. The molecule has 2 rings (SSSR count). The molecule has 14 heteroatoms. The van der Waals surface area contributed by atoms with Gasteiger partial charge < -0.3 is 43.8 Å². The first-order chi connectivity index (χ1) is 14.3. The molecule has 0 bridgehead atoms. The van der Waals surface area contributed by atoms with Crippen LogP contribution >= 0.6 is 47.8 Å². The number of esters is 2. The van der Waals surface area contributed by atoms with E-state index in [1.165, 1.54) is 11.8 Å². The van der Waals surface area contributed by atoms with Gasteiger partial charge in [-0.25, -0.2) is 19.6 Å². The molecule has 0 saturated heterocycles. The van der Waals surface area contributed by atoms with Crippen molar-refractivity contribution in [1.29, 1.82) is 0 Å². The Kier molecular flexibility index (Phi) is 18.5. The first-order valence-corrected chi connectivity index (χ1v) is 11.8. The van der Waals surface area contributed by atoms with Crippen LogP contribution in [0.15, 0.2) is 9.98 Å². The van der Waals surface area contributed by atoms with Gasteiger partial charge in [-0.05, 0) is 53.8 Å². The van der Waals surface area contributed by atoms with E-state index < -0.39 is 11.1 Å². The molecule has 0 N–H and O–H groups in total. The number of aliphatic imine (C=N–C) groups is 2. The number of halogens is 1. The number of nitrogens with zero attached hydrogens (tertiary/aromatic N) is 2. The standard InChI is InChI=1S/C9H13NO3S2.C6H8ClNO2.C3H6OS2.K/c1-4-12-8(14)15-5-6-10-9(2,3)7(11)13-6;1-6(2)5(9)10-4(3-7)8-6;1-2-4-3(5)6;/h4-5H2,1-3H3;3H2,1-2H3;2H2,1H3,(H,5,6);/q;;;+1/p-1. The zero-order valence-electron chi connectivity index (χ0n) is 19.2. The second-order valence-electron chi connectivity index (χ2n) is 6.70. The predicted molar refractivity (Wildman–Crippen MR) is 134 cm³/mol. The van der Waals surface area contributed by atoms with E-state index in [1.54, 1.807) is 27.7 Å². The summed E-state index contributed by atoms with van der Waals surface area (Å²) in [6.45, 7) is 11.7. The number of thioether (sulfide) groups is 1. The van der Waals surface area contributed by atoms with Crippen LogP contribution in [0.25, 0.3) is 0 Å². The smallest absolute Gasteiger partial charge is 0.514 e. The summed E-state index contributed by atoms with van der Waals surface area (Å²) in [6.07, 6.45) is 0. The normalized spacial score (nSPS) is 17.0. The Balaban J connectivity index is 0. The van der Waals surface area contributed by atoms with Crippen LogP contribution in [0.3, 0.4) is 0 Å². The maximum absolute atomic E-state index is 11.3. The van der Waals surface area contributed by atoms with E-state index >= 15 is 0 Å². The van der Waals surface area contributed by atoms with Gasteiger partial charge in [0.05, 0.1) is 24.8 Å². The molecular formula is C18H26ClKN2O6S4. The minimum Gasteiger partial charge on any atom is -0.514 e. The summed E-state index contributed by atoms with van der Waals surface area (Å²) < 4.78 is 20.0. The third kappa shape index (κ3) is 14.1. The number of carbonyl (C=O) groups excluding carboxylic acids is 2. The molecule has 176 valence electrons. The Morgan fingerprint density at radius 1 is 1.00 bits per heavy atom. The number of ether oxygens (including phenoxy) is 4. The average molecular weight is 569 g/mol. The third-order valence-electron chi connectivity index (χ3n) is 3.18. The van der Waals surface area contributed by atoms with Crippen LogP contribution in [0.1, 0.15) is 41.5 Å². The van der Waals surface area contributed by atoms with E-state index in [0.29, 0.717) is 35.1 Å². The van der Waals surface area contributed by atoms with E-state index in [1.807, 2.05) is 13.8 Å². The topological polar surface area (TPSA) is 95.8 Å². The number of alkyl halides is 1. The molecule has 0 aromatic heterocycles. The fourth-order valence-corrected chi connectivity index (χ4v) is 2.95. The Hall–Kier alpha value is 0.556. The van der Waals surface area contributed by atoms with Gasteiger partial charge in [-0.1, -0.05) is 11.8 Å². The number of carbonyl (C=O) groups is 2. The van der Waals surface area contributed by atoms with Crippen LogP contribution in [-0.2, 0) is 41.2 Å². The molecule has 8 nitrogen and oxygen atoms in total. The monoisotopic (exact) mass is 568 g/mol. The van der Waals surface area contributed by atoms with Crippen molar-refractivity contribution >= 4 is 92.9 Å². The Bertz CT molecular complexity index is 747. The number of hydrogen-bond donors (Lipinski definition) is 0. The molecule has 32 heavy (non-hydrogen) atoms. The molecule has 2 aliphatic rings. The summed E-state index contributed by atoms with van der Waals surface area (Å²) in [6, 6.07) is 0. The van der Waals surface area contributed by atoms with Crippen LogP contribution in [-0.4, -0.2) is 68.4 Å². The Morgan fingerprint density at radius 2 is 1.44 bits per heavy atom. The Morgan fingerprint density at radius 3 is 1.69 bits per heavy atom. The minimum absolute atomic E-state index is 0. The van der Waals surface area contributed by atoms with Gasteiger partial charge in [0.15, 0.2) is 11.1 Å². The zero-order valence-corrected chi connectivity index (χ0v) is 26.3. The number of hydrogen-bond acceptors (Lipinski definition) is 12. The fraction of sp³-hybridized carbons (Fsp3) is 0.667. The van der Waals surface area contributed by atoms with Crippen LogP contribution in [0.2, 0.25) is 0 Å². The summed E-state index contributed by atoms with van der Waals surface area (Å²) in [5.74, 6) is 0.681. The van der Waals surface area contributed by atoms with Crippen molar-refractivity contribution in [3.05, 3.63) is 0 Å². The van der Waals surface area contributed by atoms with Gasteiger partial charge in [0.2, 0.25) is 16.2 Å². The number of thiocarbonyl (C=S) groups is 2. The van der Waals surface area contributed by atoms with Crippen molar-refractivity contribution in [1.82, 2.24) is 0 Å². The molecule has 2 heterocycles. The van der Waals surface area contributed by atoms with Crippen molar-refractivity contribution in [3.63, 3.8) is 0 Å². The van der Waals surface area contributed by atoms with Crippen molar-refractivity contribution < 1.29 is 79.9 Å². The molecule has 0 saturated carbocycles. The van der Waals surface area contributed by atoms with Gasteiger partial charge in [-0.2, -0.15) is 0 Å². The largest absolute Gasteiger partial charge is 1.00 e. The van der Waals surface area contributed by atoms with Gasteiger partial charge in [0.1, 0.15) is 0 Å². The minimum atomic E-state index is -0.761. The molecular weight excluding hydrogens is 543 g/mol. The molecule has 0 amide bonds. The van der Waals surface area contributed by atoms with Gasteiger partial charge in [0.25, 0.3) is 0 Å². The van der Waals surface area contributed by atoms with Crippen LogP contribution in [0.4, 0.5) is 0 Å². The van der Waals surface area contributed by atoms with Crippen molar-refractivity contribution in [2.24, 2.45) is 9.98 Å². The first kappa shape index (κ1) is 34.7. The molecule has 0 aliphatic carbocycles. The molecule has 0 atom stereocenters. The van der Waals surface area contributed by atoms with Gasteiger partial charge in [-0.15, -0.1) is 11.6 Å². The summed E-state index contributed by atoms with van der Waals surface area (Å²) in [5, 5.41) is 0. The van der Waals surface area contributed by atoms with E-state index in [-0.39, 0.29) is 73.6 Å². The molecule has 0 spiro atoms. The quantitative estimate of drug-likeness (QED) is 0.154. The van der Waals surface area contributed by atoms with Crippen LogP contribution < -0.4 is 51.4 Å². The van der Waals surface area contributed by atoms with E-state index in [0.717, 1.165) is 0 Å². The maximum Gasteiger partial charge on any atom is 1.00 e. The van der Waals surface area contributed by atoms with Crippen LogP contribution in [0, 0.1) is 0 Å². The molecule has 0 radical (unpaired) electrons. The Labute approximate surface area is 257 Å². The fourth-order valence-electron chi connectivity index (χ4n) is 1.74. The van der Waals surface area contributed by atoms with E-state index in [9.17, 15) is 9.59 Å². The van der Waals surface area contributed by atoms with Crippen molar-refractivity contribution in [3.8, 4) is 0 Å². The summed E-state index contributed by atoms with van der Waals surface area (Å²) in [5.41, 5.74) is -1.49. The van der Waals surface area contributed by atoms with Gasteiger partial charge >= 0.3 is 63.3 Å². The SMILES string of the molecule is CC1(C)N=C(CCl)OC1=O.CCOC(=S)SCC1=NC(C)(C)C(=O)O1.CCOC(=S)[S-].[K+].